The summed E-state index contributed by atoms with van der Waals surface area (Å²) in [5.41, 5.74) is 3.66. The second-order valence-corrected chi connectivity index (χ2v) is 8.73. The fraction of sp³-hybridized carbons (Fsp3) is 0.320. The Hall–Kier alpha value is -3.61. The molecule has 0 bridgehead atoms. The number of aromatic nitrogens is 4. The van der Waals surface area contributed by atoms with Crippen molar-refractivity contribution in [2.45, 2.75) is 33.4 Å². The molecular weight excluding hydrogens is 402 g/mol. The summed E-state index contributed by atoms with van der Waals surface area (Å²) in [6.45, 7) is 6.09. The Labute approximate surface area is 186 Å². The highest BCUT2D eigenvalue weighted by Gasteiger charge is 2.30. The van der Waals surface area contributed by atoms with Gasteiger partial charge in [-0.1, -0.05) is 55.5 Å². The maximum atomic E-state index is 13.5. The van der Waals surface area contributed by atoms with Crippen LogP contribution >= 0.6 is 0 Å². The van der Waals surface area contributed by atoms with Gasteiger partial charge in [0, 0.05) is 32.4 Å². The first kappa shape index (κ1) is 20.3. The smallest absolute Gasteiger partial charge is 0.311 e. The van der Waals surface area contributed by atoms with Crippen molar-refractivity contribution in [3.8, 4) is 0 Å². The quantitative estimate of drug-likeness (QED) is 0.500. The van der Waals surface area contributed by atoms with Crippen LogP contribution in [0, 0.1) is 12.8 Å². The van der Waals surface area contributed by atoms with E-state index in [4.69, 9.17) is 4.98 Å². The van der Waals surface area contributed by atoms with Crippen molar-refractivity contribution in [2.75, 3.05) is 11.4 Å². The van der Waals surface area contributed by atoms with Crippen LogP contribution in [0.15, 0.2) is 64.2 Å². The zero-order valence-corrected chi connectivity index (χ0v) is 18.7. The van der Waals surface area contributed by atoms with Gasteiger partial charge < -0.3 is 9.47 Å². The van der Waals surface area contributed by atoms with Crippen LogP contribution in [0.4, 0.5) is 11.6 Å². The molecule has 4 aromatic rings. The topological polar surface area (TPSA) is 65.1 Å². The first-order valence-electron chi connectivity index (χ1n) is 11.0. The summed E-state index contributed by atoms with van der Waals surface area (Å²) in [5, 5.41) is 0. The van der Waals surface area contributed by atoms with Crippen LogP contribution in [-0.2, 0) is 26.6 Å². The van der Waals surface area contributed by atoms with Crippen LogP contribution in [-0.4, -0.2) is 25.2 Å². The van der Waals surface area contributed by atoms with E-state index in [0.29, 0.717) is 36.6 Å². The lowest BCUT2D eigenvalue weighted by Crippen LogP contribution is -2.40. The van der Waals surface area contributed by atoms with Crippen LogP contribution < -0.4 is 16.1 Å². The van der Waals surface area contributed by atoms with Crippen LogP contribution in [0.5, 0.6) is 0 Å². The molecule has 1 aliphatic rings. The highest BCUT2D eigenvalue weighted by molar-refractivity contribution is 5.77. The standard InChI is InChI=1S/C25H27N5O2/c1-17-15-29(20-12-8-7-9-18(20)2)24-26-22-21(30(24)16-17)23(31)28(25(32)27(22)3)14-13-19-10-5-4-6-11-19/h4-12,17H,13-16H2,1-3H3. The summed E-state index contributed by atoms with van der Waals surface area (Å²) in [5.74, 6) is 1.05. The molecule has 2 aromatic carbocycles. The molecule has 1 aliphatic heterocycles. The van der Waals surface area contributed by atoms with Gasteiger partial charge in [-0.05, 0) is 36.5 Å². The maximum Gasteiger partial charge on any atom is 0.332 e. The first-order valence-corrected chi connectivity index (χ1v) is 11.0. The monoisotopic (exact) mass is 429 g/mol. The van der Waals surface area contributed by atoms with Gasteiger partial charge in [-0.3, -0.25) is 13.9 Å². The SMILES string of the molecule is Cc1ccccc1N1CC(C)Cn2c1nc1c2c(=O)n(CCc2ccccc2)c(=O)n1C. The Morgan fingerprint density at radius 3 is 2.47 bits per heavy atom. The highest BCUT2D eigenvalue weighted by Crippen LogP contribution is 2.34. The summed E-state index contributed by atoms with van der Waals surface area (Å²) in [6, 6.07) is 18.1. The summed E-state index contributed by atoms with van der Waals surface area (Å²) < 4.78 is 4.85. The maximum absolute atomic E-state index is 13.5. The normalized spacial score (nSPS) is 15.8. The van der Waals surface area contributed by atoms with E-state index in [1.54, 1.807) is 7.05 Å². The van der Waals surface area contributed by atoms with E-state index in [2.05, 4.69) is 30.9 Å². The zero-order valence-electron chi connectivity index (χ0n) is 18.7. The molecule has 0 fully saturated rings. The molecule has 5 rings (SSSR count). The molecule has 7 heteroatoms. The molecule has 0 radical (unpaired) electrons. The van der Waals surface area contributed by atoms with Gasteiger partial charge >= 0.3 is 5.69 Å². The second-order valence-electron chi connectivity index (χ2n) is 8.73. The number of benzene rings is 2. The van der Waals surface area contributed by atoms with Gasteiger partial charge in [0.15, 0.2) is 11.2 Å². The number of hydrogen-bond acceptors (Lipinski definition) is 4. The third-order valence-electron chi connectivity index (χ3n) is 6.32. The molecule has 0 amide bonds. The third kappa shape index (κ3) is 3.25. The van der Waals surface area contributed by atoms with E-state index in [1.165, 1.54) is 9.13 Å². The van der Waals surface area contributed by atoms with Crippen LogP contribution in [0.25, 0.3) is 11.2 Å². The molecular formula is C25H27N5O2. The molecule has 0 saturated carbocycles. The van der Waals surface area contributed by atoms with Crippen molar-refractivity contribution in [3.63, 3.8) is 0 Å². The molecule has 0 aliphatic carbocycles. The molecule has 0 saturated heterocycles. The second kappa shape index (κ2) is 7.82. The van der Waals surface area contributed by atoms with E-state index in [-0.39, 0.29) is 11.2 Å². The predicted molar refractivity (Wildman–Crippen MR) is 127 cm³/mol. The number of aryl methyl sites for hydroxylation is 3. The Bertz CT molecular complexity index is 1410. The van der Waals surface area contributed by atoms with Crippen molar-refractivity contribution in [2.24, 2.45) is 13.0 Å². The lowest BCUT2D eigenvalue weighted by atomic mass is 10.1. The van der Waals surface area contributed by atoms with Gasteiger partial charge in [0.05, 0.1) is 0 Å². The number of para-hydroxylation sites is 1. The fourth-order valence-electron chi connectivity index (χ4n) is 4.66. The number of fused-ring (bicyclic) bond motifs is 3. The number of hydrogen-bond donors (Lipinski definition) is 0. The molecule has 3 heterocycles. The third-order valence-corrected chi connectivity index (χ3v) is 6.32. The van der Waals surface area contributed by atoms with Crippen molar-refractivity contribution in [1.29, 1.82) is 0 Å². The van der Waals surface area contributed by atoms with Gasteiger partial charge in [0.25, 0.3) is 5.56 Å². The van der Waals surface area contributed by atoms with Gasteiger partial charge in [0.1, 0.15) is 0 Å². The molecule has 2 aromatic heterocycles. The van der Waals surface area contributed by atoms with E-state index in [1.807, 2.05) is 47.0 Å². The molecule has 7 nitrogen and oxygen atoms in total. The molecule has 0 N–H and O–H groups in total. The fourth-order valence-corrected chi connectivity index (χ4v) is 4.66. The highest BCUT2D eigenvalue weighted by atomic mass is 16.2. The van der Waals surface area contributed by atoms with E-state index < -0.39 is 0 Å². The molecule has 0 spiro atoms. The van der Waals surface area contributed by atoms with E-state index in [9.17, 15) is 9.59 Å². The van der Waals surface area contributed by atoms with Crippen molar-refractivity contribution < 1.29 is 0 Å². The minimum absolute atomic E-state index is 0.267. The Morgan fingerprint density at radius 2 is 1.72 bits per heavy atom. The molecule has 1 unspecified atom stereocenters. The Morgan fingerprint density at radius 1 is 1.00 bits per heavy atom. The summed E-state index contributed by atoms with van der Waals surface area (Å²) in [7, 11) is 1.70. The van der Waals surface area contributed by atoms with Gasteiger partial charge in [-0.15, -0.1) is 0 Å². The molecule has 1 atom stereocenters. The number of nitrogens with zero attached hydrogens (tertiary/aromatic N) is 5. The first-order chi connectivity index (χ1) is 15.5. The van der Waals surface area contributed by atoms with Crippen molar-refractivity contribution in [3.05, 3.63) is 86.6 Å². The van der Waals surface area contributed by atoms with E-state index in [0.717, 1.165) is 29.3 Å². The van der Waals surface area contributed by atoms with Crippen molar-refractivity contribution >= 4 is 22.8 Å². The largest absolute Gasteiger partial charge is 0.332 e. The van der Waals surface area contributed by atoms with Gasteiger partial charge in [-0.25, -0.2) is 4.79 Å². The minimum atomic E-state index is -0.329. The minimum Gasteiger partial charge on any atom is -0.311 e. The van der Waals surface area contributed by atoms with Gasteiger partial charge in [-0.2, -0.15) is 4.98 Å². The predicted octanol–water partition coefficient (Wildman–Crippen LogP) is 3.24. The molecule has 164 valence electrons. The van der Waals surface area contributed by atoms with Gasteiger partial charge in [0.2, 0.25) is 5.95 Å². The number of rotatable bonds is 4. The summed E-state index contributed by atoms with van der Waals surface area (Å²) >= 11 is 0. The average molecular weight is 430 g/mol. The van der Waals surface area contributed by atoms with Crippen LogP contribution in [0.2, 0.25) is 0 Å². The summed E-state index contributed by atoms with van der Waals surface area (Å²) in [6.07, 6.45) is 0.619. The van der Waals surface area contributed by atoms with E-state index >= 15 is 0 Å². The number of anilines is 2. The molecule has 32 heavy (non-hydrogen) atoms. The zero-order chi connectivity index (χ0) is 22.4. The summed E-state index contributed by atoms with van der Waals surface area (Å²) in [4.78, 5) is 33.6. The van der Waals surface area contributed by atoms with Crippen LogP contribution in [0.3, 0.4) is 0 Å². The Balaban J connectivity index is 1.67. The number of imidazole rings is 1. The van der Waals surface area contributed by atoms with Crippen LogP contribution in [0.1, 0.15) is 18.1 Å². The lowest BCUT2D eigenvalue weighted by Gasteiger charge is -2.33. The Kier molecular flexibility index (Phi) is 4.96. The lowest BCUT2D eigenvalue weighted by molar-refractivity contribution is 0.457. The average Bonchev–Trinajstić information content (AvgIpc) is 3.18. The van der Waals surface area contributed by atoms with Crippen molar-refractivity contribution in [1.82, 2.24) is 18.7 Å².